The van der Waals surface area contributed by atoms with Crippen LogP contribution in [-0.2, 0) is 6.54 Å². The van der Waals surface area contributed by atoms with Gasteiger partial charge in [-0.2, -0.15) is 0 Å². The minimum atomic E-state index is -0.0846. The Kier molecular flexibility index (Phi) is 5.24. The van der Waals surface area contributed by atoms with E-state index in [4.69, 9.17) is 4.98 Å². The number of thiazole rings is 1. The van der Waals surface area contributed by atoms with Gasteiger partial charge in [-0.25, -0.2) is 4.98 Å². The number of hydrogen-bond acceptors (Lipinski definition) is 4. The number of carbonyl (C=O) groups is 1. The lowest BCUT2D eigenvalue weighted by Crippen LogP contribution is -2.30. The number of hydrogen-bond donors (Lipinski definition) is 0. The van der Waals surface area contributed by atoms with Gasteiger partial charge in [-0.05, 0) is 60.9 Å². The second-order valence-corrected chi connectivity index (χ2v) is 8.54. The van der Waals surface area contributed by atoms with Crippen LogP contribution >= 0.6 is 27.3 Å². The molecule has 0 bridgehead atoms. The third-order valence-corrected chi connectivity index (χ3v) is 6.22. The summed E-state index contributed by atoms with van der Waals surface area (Å²) in [5, 5.41) is 0.692. The van der Waals surface area contributed by atoms with E-state index >= 15 is 0 Å². The van der Waals surface area contributed by atoms with E-state index in [1.807, 2.05) is 36.4 Å². The Hall–Kier alpha value is -2.57. The number of amides is 1. The summed E-state index contributed by atoms with van der Waals surface area (Å²) in [7, 11) is 0. The van der Waals surface area contributed by atoms with Crippen LogP contribution in [0.25, 0.3) is 10.2 Å². The van der Waals surface area contributed by atoms with Gasteiger partial charge in [0.05, 0.1) is 16.8 Å². The minimum Gasteiger partial charge on any atom is -0.279 e. The number of aryl methyl sites for hydroxylation is 2. The fraction of sp³-hybridized carbons (Fsp3) is 0.136. The van der Waals surface area contributed by atoms with Gasteiger partial charge in [-0.1, -0.05) is 45.5 Å². The van der Waals surface area contributed by atoms with E-state index in [0.717, 1.165) is 25.8 Å². The Morgan fingerprint density at radius 1 is 1.14 bits per heavy atom. The smallest absolute Gasteiger partial charge is 0.260 e. The summed E-state index contributed by atoms with van der Waals surface area (Å²) in [5.41, 5.74) is 4.87. The molecule has 140 valence electrons. The molecule has 4 nitrogen and oxygen atoms in total. The molecule has 0 fully saturated rings. The number of pyridine rings is 1. The fourth-order valence-electron chi connectivity index (χ4n) is 3.01. The van der Waals surface area contributed by atoms with E-state index in [9.17, 15) is 4.79 Å². The molecule has 0 unspecified atom stereocenters. The molecule has 0 radical (unpaired) electrons. The van der Waals surface area contributed by atoms with Gasteiger partial charge in [0.2, 0.25) is 0 Å². The van der Waals surface area contributed by atoms with Crippen molar-refractivity contribution in [1.29, 1.82) is 0 Å². The van der Waals surface area contributed by atoms with Crippen LogP contribution in [0, 0.1) is 13.8 Å². The van der Waals surface area contributed by atoms with Crippen LogP contribution in [0.3, 0.4) is 0 Å². The first-order valence-electron chi connectivity index (χ1n) is 8.86. The van der Waals surface area contributed by atoms with Crippen molar-refractivity contribution in [3.63, 3.8) is 0 Å². The average molecular weight is 452 g/mol. The molecule has 0 saturated carbocycles. The van der Waals surface area contributed by atoms with Crippen molar-refractivity contribution < 1.29 is 4.79 Å². The largest absolute Gasteiger partial charge is 0.279 e. The van der Waals surface area contributed by atoms with E-state index in [0.29, 0.717) is 17.2 Å². The number of anilines is 1. The Labute approximate surface area is 176 Å². The highest BCUT2D eigenvalue weighted by atomic mass is 79.9. The molecule has 0 aliphatic rings. The second-order valence-electron chi connectivity index (χ2n) is 6.61. The predicted octanol–water partition coefficient (Wildman–Crippen LogP) is 5.92. The number of carbonyl (C=O) groups excluding carboxylic acids is 1. The molecule has 2 aromatic carbocycles. The topological polar surface area (TPSA) is 46.1 Å². The van der Waals surface area contributed by atoms with Gasteiger partial charge >= 0.3 is 0 Å². The second kappa shape index (κ2) is 7.81. The van der Waals surface area contributed by atoms with Crippen molar-refractivity contribution >= 4 is 48.5 Å². The molecule has 0 aliphatic carbocycles. The number of benzene rings is 2. The Bertz CT molecular complexity index is 1160. The summed E-state index contributed by atoms with van der Waals surface area (Å²) in [6.07, 6.45) is 3.51. The number of fused-ring (bicyclic) bond motifs is 1. The van der Waals surface area contributed by atoms with Gasteiger partial charge in [0.25, 0.3) is 5.91 Å². The van der Waals surface area contributed by atoms with E-state index < -0.39 is 0 Å². The molecule has 6 heteroatoms. The molecule has 2 heterocycles. The molecule has 28 heavy (non-hydrogen) atoms. The van der Waals surface area contributed by atoms with Crippen molar-refractivity contribution in [3.8, 4) is 0 Å². The highest BCUT2D eigenvalue weighted by molar-refractivity contribution is 9.10. The zero-order chi connectivity index (χ0) is 19.7. The number of aromatic nitrogens is 2. The monoisotopic (exact) mass is 451 g/mol. The summed E-state index contributed by atoms with van der Waals surface area (Å²) in [6, 6.07) is 15.5. The van der Waals surface area contributed by atoms with Gasteiger partial charge in [-0.15, -0.1) is 0 Å². The third-order valence-electron chi connectivity index (χ3n) is 4.68. The summed E-state index contributed by atoms with van der Waals surface area (Å²) in [6.45, 7) is 4.56. The Morgan fingerprint density at radius 2 is 2.00 bits per heavy atom. The lowest BCUT2D eigenvalue weighted by Gasteiger charge is -2.20. The number of halogens is 1. The maximum absolute atomic E-state index is 13.4. The van der Waals surface area contributed by atoms with Crippen LogP contribution in [0.15, 0.2) is 65.4 Å². The standard InChI is InChI=1S/C22H18BrN3OS/c1-14-8-9-19-20(15(14)2)25-22(28-19)26(13-16-5-4-10-24-12-16)21(27)17-6-3-7-18(23)11-17/h3-12H,13H2,1-2H3. The van der Waals surface area contributed by atoms with E-state index in [2.05, 4.69) is 46.9 Å². The molecule has 4 rings (SSSR count). The molecule has 2 aromatic heterocycles. The van der Waals surface area contributed by atoms with Crippen LogP contribution in [-0.4, -0.2) is 15.9 Å². The Balaban J connectivity index is 1.80. The van der Waals surface area contributed by atoms with E-state index in [1.54, 1.807) is 17.3 Å². The molecule has 4 aromatic rings. The van der Waals surface area contributed by atoms with Crippen molar-refractivity contribution in [3.05, 3.63) is 87.7 Å². The molecule has 0 saturated heterocycles. The highest BCUT2D eigenvalue weighted by Crippen LogP contribution is 2.33. The van der Waals surface area contributed by atoms with Crippen LogP contribution in [0.2, 0.25) is 0 Å². The van der Waals surface area contributed by atoms with Crippen LogP contribution in [0.5, 0.6) is 0 Å². The Morgan fingerprint density at radius 3 is 2.75 bits per heavy atom. The van der Waals surface area contributed by atoms with E-state index in [1.165, 1.54) is 16.9 Å². The van der Waals surface area contributed by atoms with Crippen LogP contribution < -0.4 is 4.90 Å². The van der Waals surface area contributed by atoms with Crippen LogP contribution in [0.1, 0.15) is 27.0 Å². The maximum Gasteiger partial charge on any atom is 0.260 e. The quantitative estimate of drug-likeness (QED) is 0.386. The molecule has 0 spiro atoms. The summed E-state index contributed by atoms with van der Waals surface area (Å²) in [5.74, 6) is -0.0846. The highest BCUT2D eigenvalue weighted by Gasteiger charge is 2.22. The summed E-state index contributed by atoms with van der Waals surface area (Å²) >= 11 is 4.99. The zero-order valence-corrected chi connectivity index (χ0v) is 17.9. The first-order chi connectivity index (χ1) is 13.5. The molecular formula is C22H18BrN3OS. The van der Waals surface area contributed by atoms with Gasteiger partial charge in [0.15, 0.2) is 5.13 Å². The van der Waals surface area contributed by atoms with Gasteiger partial charge in [0, 0.05) is 22.4 Å². The number of rotatable bonds is 4. The van der Waals surface area contributed by atoms with Crippen molar-refractivity contribution in [2.45, 2.75) is 20.4 Å². The first-order valence-corrected chi connectivity index (χ1v) is 10.5. The third kappa shape index (κ3) is 3.70. The van der Waals surface area contributed by atoms with Crippen molar-refractivity contribution in [1.82, 2.24) is 9.97 Å². The molecule has 0 aliphatic heterocycles. The summed E-state index contributed by atoms with van der Waals surface area (Å²) < 4.78 is 1.95. The molecule has 1 amide bonds. The summed E-state index contributed by atoms with van der Waals surface area (Å²) in [4.78, 5) is 24.1. The average Bonchev–Trinajstić information content (AvgIpc) is 3.14. The van der Waals surface area contributed by atoms with Crippen molar-refractivity contribution in [2.75, 3.05) is 4.90 Å². The SMILES string of the molecule is Cc1ccc2sc(N(Cc3cccnc3)C(=O)c3cccc(Br)c3)nc2c1C. The first kappa shape index (κ1) is 18.8. The maximum atomic E-state index is 13.4. The van der Waals surface area contributed by atoms with Crippen LogP contribution in [0.4, 0.5) is 5.13 Å². The normalized spacial score (nSPS) is 11.0. The minimum absolute atomic E-state index is 0.0846. The van der Waals surface area contributed by atoms with E-state index in [-0.39, 0.29) is 5.91 Å². The van der Waals surface area contributed by atoms with Crippen molar-refractivity contribution in [2.24, 2.45) is 0 Å². The zero-order valence-electron chi connectivity index (χ0n) is 15.5. The van der Waals surface area contributed by atoms with Gasteiger partial charge in [0.1, 0.15) is 0 Å². The predicted molar refractivity (Wildman–Crippen MR) is 118 cm³/mol. The molecular weight excluding hydrogens is 434 g/mol. The molecule has 0 N–H and O–H groups in total. The lowest BCUT2D eigenvalue weighted by molar-refractivity contribution is 0.0985. The van der Waals surface area contributed by atoms with Gasteiger partial charge < -0.3 is 0 Å². The fourth-order valence-corrected chi connectivity index (χ4v) is 4.43. The van der Waals surface area contributed by atoms with Gasteiger partial charge in [-0.3, -0.25) is 14.7 Å². The number of nitrogens with zero attached hydrogens (tertiary/aromatic N) is 3. The molecule has 0 atom stereocenters. The lowest BCUT2D eigenvalue weighted by atomic mass is 10.1.